The second-order valence-electron chi connectivity index (χ2n) is 8.86. The SMILES string of the molecule is CN(C(=O)Cc1ccc(Cl)c(Cl)c1)C(COC1CCCCO1)(c1ccccc1)N1CCCC1. The normalized spacial score (nSPS) is 21.0. The molecular formula is C26H32Cl2N2O3. The number of amides is 1. The molecule has 178 valence electrons. The van der Waals surface area contributed by atoms with E-state index in [0.717, 1.165) is 62.9 Å². The molecule has 7 heteroatoms. The number of nitrogens with zero attached hydrogens (tertiary/aromatic N) is 2. The van der Waals surface area contributed by atoms with Crippen LogP contribution < -0.4 is 0 Å². The molecule has 2 saturated heterocycles. The van der Waals surface area contributed by atoms with E-state index in [2.05, 4.69) is 17.0 Å². The van der Waals surface area contributed by atoms with E-state index in [9.17, 15) is 4.79 Å². The van der Waals surface area contributed by atoms with Crippen LogP contribution in [-0.2, 0) is 26.4 Å². The zero-order valence-corrected chi connectivity index (χ0v) is 20.7. The number of hydrogen-bond acceptors (Lipinski definition) is 4. The Kier molecular flexibility index (Phi) is 8.31. The Morgan fingerprint density at radius 1 is 1.09 bits per heavy atom. The van der Waals surface area contributed by atoms with Crippen LogP contribution in [0.15, 0.2) is 48.5 Å². The maximum Gasteiger partial charge on any atom is 0.228 e. The largest absolute Gasteiger partial charge is 0.353 e. The highest BCUT2D eigenvalue weighted by Gasteiger charge is 2.46. The third kappa shape index (κ3) is 5.55. The van der Waals surface area contributed by atoms with Crippen LogP contribution in [0.3, 0.4) is 0 Å². The molecule has 0 aliphatic carbocycles. The van der Waals surface area contributed by atoms with E-state index in [0.29, 0.717) is 16.7 Å². The summed E-state index contributed by atoms with van der Waals surface area (Å²) in [5.41, 5.74) is 1.17. The molecule has 2 fully saturated rings. The minimum Gasteiger partial charge on any atom is -0.353 e. The van der Waals surface area contributed by atoms with E-state index in [4.69, 9.17) is 32.7 Å². The lowest BCUT2D eigenvalue weighted by atomic mass is 9.95. The van der Waals surface area contributed by atoms with Gasteiger partial charge in [0, 0.05) is 26.7 Å². The summed E-state index contributed by atoms with van der Waals surface area (Å²) in [6.45, 7) is 2.90. The lowest BCUT2D eigenvalue weighted by molar-refractivity contribution is -0.205. The Balaban J connectivity index is 1.65. The zero-order valence-electron chi connectivity index (χ0n) is 19.1. The first-order valence-corrected chi connectivity index (χ1v) is 12.5. The second-order valence-corrected chi connectivity index (χ2v) is 9.68. The van der Waals surface area contributed by atoms with Gasteiger partial charge in [0.1, 0.15) is 5.66 Å². The van der Waals surface area contributed by atoms with Crippen LogP contribution in [0.4, 0.5) is 0 Å². The van der Waals surface area contributed by atoms with Crippen LogP contribution in [0, 0.1) is 0 Å². The number of hydrogen-bond donors (Lipinski definition) is 0. The van der Waals surface area contributed by atoms with E-state index < -0.39 is 5.66 Å². The van der Waals surface area contributed by atoms with Crippen LogP contribution in [0.25, 0.3) is 0 Å². The Labute approximate surface area is 206 Å². The fourth-order valence-electron chi connectivity index (χ4n) is 4.85. The molecule has 2 aromatic rings. The van der Waals surface area contributed by atoms with Crippen LogP contribution in [-0.4, -0.2) is 55.3 Å². The smallest absolute Gasteiger partial charge is 0.228 e. The Morgan fingerprint density at radius 2 is 1.85 bits per heavy atom. The maximum absolute atomic E-state index is 13.7. The molecule has 0 aromatic heterocycles. The average Bonchev–Trinajstić information content (AvgIpc) is 3.38. The van der Waals surface area contributed by atoms with Crippen molar-refractivity contribution in [1.82, 2.24) is 9.80 Å². The Hall–Kier alpha value is -1.63. The van der Waals surface area contributed by atoms with Gasteiger partial charge in [0.15, 0.2) is 6.29 Å². The second kappa shape index (κ2) is 11.2. The fourth-order valence-corrected chi connectivity index (χ4v) is 5.17. The number of carbonyl (C=O) groups is 1. The van der Waals surface area contributed by atoms with Gasteiger partial charge in [-0.05, 0) is 55.4 Å². The van der Waals surface area contributed by atoms with Crippen LogP contribution in [0.5, 0.6) is 0 Å². The topological polar surface area (TPSA) is 42.0 Å². The lowest BCUT2D eigenvalue weighted by Gasteiger charge is -2.49. The minimum atomic E-state index is -0.716. The average molecular weight is 491 g/mol. The van der Waals surface area contributed by atoms with Gasteiger partial charge >= 0.3 is 0 Å². The number of ether oxygens (including phenoxy) is 2. The number of rotatable bonds is 8. The number of benzene rings is 2. The highest BCUT2D eigenvalue weighted by molar-refractivity contribution is 6.42. The van der Waals surface area contributed by atoms with Crippen LogP contribution in [0.1, 0.15) is 43.2 Å². The highest BCUT2D eigenvalue weighted by atomic mass is 35.5. The summed E-state index contributed by atoms with van der Waals surface area (Å²) < 4.78 is 12.2. The molecule has 0 saturated carbocycles. The summed E-state index contributed by atoms with van der Waals surface area (Å²) in [5.74, 6) is -0.00250. The number of carbonyl (C=O) groups excluding carboxylic acids is 1. The summed E-state index contributed by atoms with van der Waals surface area (Å²) in [6.07, 6.45) is 5.24. The molecule has 1 amide bonds. The third-order valence-corrected chi connectivity index (χ3v) is 7.48. The van der Waals surface area contributed by atoms with E-state index in [1.54, 1.807) is 12.1 Å². The van der Waals surface area contributed by atoms with Crippen molar-refractivity contribution in [3.8, 4) is 0 Å². The fraction of sp³-hybridized carbons (Fsp3) is 0.500. The molecule has 2 aromatic carbocycles. The first-order valence-electron chi connectivity index (χ1n) is 11.7. The summed E-state index contributed by atoms with van der Waals surface area (Å²) in [5, 5.41) is 0.939. The van der Waals surface area contributed by atoms with Gasteiger partial charge in [-0.15, -0.1) is 0 Å². The molecule has 0 bridgehead atoms. The van der Waals surface area contributed by atoms with Crippen molar-refractivity contribution < 1.29 is 14.3 Å². The molecule has 0 N–H and O–H groups in total. The first kappa shape index (κ1) is 24.5. The maximum atomic E-state index is 13.7. The Morgan fingerprint density at radius 3 is 2.52 bits per heavy atom. The van der Waals surface area contributed by atoms with Gasteiger partial charge in [0.25, 0.3) is 0 Å². The van der Waals surface area contributed by atoms with Crippen molar-refractivity contribution in [2.45, 2.75) is 50.5 Å². The van der Waals surface area contributed by atoms with Crippen molar-refractivity contribution in [1.29, 1.82) is 0 Å². The van der Waals surface area contributed by atoms with Crippen LogP contribution >= 0.6 is 23.2 Å². The first-order chi connectivity index (χ1) is 16.0. The van der Waals surface area contributed by atoms with Gasteiger partial charge in [-0.1, -0.05) is 59.6 Å². The monoisotopic (exact) mass is 490 g/mol. The van der Waals surface area contributed by atoms with Gasteiger partial charge in [-0.2, -0.15) is 0 Å². The molecule has 2 aliphatic heterocycles. The van der Waals surface area contributed by atoms with Crippen LogP contribution in [0.2, 0.25) is 10.0 Å². The Bertz CT molecular complexity index is 930. The predicted molar refractivity (Wildman–Crippen MR) is 131 cm³/mol. The van der Waals surface area contributed by atoms with Crippen molar-refractivity contribution in [3.05, 3.63) is 69.7 Å². The molecule has 4 rings (SSSR count). The van der Waals surface area contributed by atoms with E-state index in [1.165, 1.54) is 0 Å². The third-order valence-electron chi connectivity index (χ3n) is 6.74. The minimum absolute atomic E-state index is 0.00250. The molecule has 2 unspecified atom stereocenters. The van der Waals surface area contributed by atoms with Gasteiger partial charge < -0.3 is 14.4 Å². The van der Waals surface area contributed by atoms with E-state index in [1.807, 2.05) is 36.2 Å². The molecule has 0 radical (unpaired) electrons. The number of likely N-dealkylation sites (tertiary alicyclic amines) is 1. The van der Waals surface area contributed by atoms with Crippen molar-refractivity contribution in [2.75, 3.05) is 33.4 Å². The quantitative estimate of drug-likeness (QED) is 0.490. The van der Waals surface area contributed by atoms with Gasteiger partial charge in [0.2, 0.25) is 5.91 Å². The van der Waals surface area contributed by atoms with E-state index >= 15 is 0 Å². The van der Waals surface area contributed by atoms with Crippen molar-refractivity contribution in [2.24, 2.45) is 0 Å². The highest BCUT2D eigenvalue weighted by Crippen LogP contribution is 2.37. The zero-order chi connectivity index (χ0) is 23.3. The van der Waals surface area contributed by atoms with Crippen molar-refractivity contribution in [3.63, 3.8) is 0 Å². The van der Waals surface area contributed by atoms with Gasteiger partial charge in [-0.3, -0.25) is 9.69 Å². The number of halogens is 2. The van der Waals surface area contributed by atoms with Gasteiger partial charge in [0.05, 0.1) is 23.1 Å². The summed E-state index contributed by atoms with van der Waals surface area (Å²) >= 11 is 12.3. The number of likely N-dealkylation sites (N-methyl/N-ethyl adjacent to an activating group) is 1. The molecule has 5 nitrogen and oxygen atoms in total. The lowest BCUT2D eigenvalue weighted by Crippen LogP contribution is -2.61. The molecule has 2 aliphatic rings. The predicted octanol–water partition coefficient (Wildman–Crippen LogP) is 5.49. The summed E-state index contributed by atoms with van der Waals surface area (Å²) in [6, 6.07) is 15.6. The van der Waals surface area contributed by atoms with E-state index in [-0.39, 0.29) is 18.6 Å². The summed E-state index contributed by atoms with van der Waals surface area (Å²) in [4.78, 5) is 17.9. The molecule has 2 heterocycles. The van der Waals surface area contributed by atoms with Crippen molar-refractivity contribution >= 4 is 29.1 Å². The standard InChI is InChI=1S/C26H32Cl2N2O3/c1-29(24(31)18-20-12-13-22(27)23(28)17-20)26(30-14-6-7-15-30,21-9-3-2-4-10-21)19-33-25-11-5-8-16-32-25/h2-4,9-10,12-13,17,25H,5-8,11,14-16,18-19H2,1H3. The molecule has 33 heavy (non-hydrogen) atoms. The van der Waals surface area contributed by atoms with Gasteiger partial charge in [-0.25, -0.2) is 0 Å². The molecule has 2 atom stereocenters. The molecule has 0 spiro atoms. The summed E-state index contributed by atoms with van der Waals surface area (Å²) in [7, 11) is 1.89. The molecular weight excluding hydrogens is 459 g/mol.